The van der Waals surface area contributed by atoms with Crippen LogP contribution in [0.1, 0.15) is 39.5 Å². The molecule has 0 bridgehead atoms. The molecule has 0 atom stereocenters. The molecule has 0 saturated heterocycles. The van der Waals surface area contributed by atoms with Crippen LogP contribution in [0.3, 0.4) is 0 Å². The summed E-state index contributed by atoms with van der Waals surface area (Å²) in [5.74, 6) is 0. The van der Waals surface area contributed by atoms with Crippen molar-refractivity contribution in [3.05, 3.63) is 49.1 Å². The Bertz CT molecular complexity index is 975. The van der Waals surface area contributed by atoms with Gasteiger partial charge in [0.05, 0.1) is 23.8 Å². The number of nitrogens with zero attached hydrogens (tertiary/aromatic N) is 8. The summed E-state index contributed by atoms with van der Waals surface area (Å²) in [5.41, 5.74) is 5.19. The van der Waals surface area contributed by atoms with E-state index in [2.05, 4.69) is 44.4 Å². The van der Waals surface area contributed by atoms with Gasteiger partial charge in [0.25, 0.3) is 0 Å². The normalized spacial score (nSPS) is 11.1. The summed E-state index contributed by atoms with van der Waals surface area (Å²) in [7, 11) is 0. The summed E-state index contributed by atoms with van der Waals surface area (Å²) in [4.78, 5) is 9.13. The van der Waals surface area contributed by atoms with E-state index in [1.54, 1.807) is 0 Å². The van der Waals surface area contributed by atoms with Crippen molar-refractivity contribution in [3.8, 4) is 33.9 Å². The van der Waals surface area contributed by atoms with Gasteiger partial charge in [0.15, 0.2) is 0 Å². The van der Waals surface area contributed by atoms with E-state index in [0.29, 0.717) is 0 Å². The van der Waals surface area contributed by atoms with Crippen LogP contribution < -0.4 is 0 Å². The molecular weight excluding hydrogens is 376 g/mol. The van der Waals surface area contributed by atoms with Crippen LogP contribution in [0.25, 0.3) is 33.9 Å². The first-order valence-electron chi connectivity index (χ1n) is 10.5. The minimum atomic E-state index is 0.815. The Morgan fingerprint density at radius 2 is 1.10 bits per heavy atom. The van der Waals surface area contributed by atoms with E-state index in [0.717, 1.165) is 72.7 Å². The molecule has 0 N–H and O–H groups in total. The van der Waals surface area contributed by atoms with Crippen molar-refractivity contribution >= 4 is 0 Å². The molecule has 0 aliphatic heterocycles. The van der Waals surface area contributed by atoms with E-state index in [9.17, 15) is 0 Å². The SMILES string of the molecule is CCCCn1cc(-c2ccc(-c3ccc(-c4cn(CCCC)nn4)cn3)nc2)nn1. The van der Waals surface area contributed by atoms with Crippen molar-refractivity contribution in [2.24, 2.45) is 0 Å². The van der Waals surface area contributed by atoms with E-state index in [1.807, 2.05) is 58.4 Å². The zero-order valence-electron chi connectivity index (χ0n) is 17.4. The predicted octanol–water partition coefficient (Wildman–Crippen LogP) is 4.26. The lowest BCUT2D eigenvalue weighted by molar-refractivity contribution is 0.553. The fourth-order valence-electron chi connectivity index (χ4n) is 3.11. The number of rotatable bonds is 9. The molecule has 0 aromatic carbocycles. The number of aromatic nitrogens is 8. The monoisotopic (exact) mass is 402 g/mol. The summed E-state index contributed by atoms with van der Waals surface area (Å²) >= 11 is 0. The van der Waals surface area contributed by atoms with Crippen LogP contribution in [0.4, 0.5) is 0 Å². The molecular formula is C22H26N8. The van der Waals surface area contributed by atoms with Gasteiger partial charge >= 0.3 is 0 Å². The molecule has 0 aliphatic rings. The van der Waals surface area contributed by atoms with Gasteiger partial charge in [-0.1, -0.05) is 37.1 Å². The average Bonchev–Trinajstić information content (AvgIpc) is 3.46. The van der Waals surface area contributed by atoms with Crippen LogP contribution in [0, 0.1) is 0 Å². The summed E-state index contributed by atoms with van der Waals surface area (Å²) in [6.45, 7) is 6.10. The maximum absolute atomic E-state index is 4.57. The third kappa shape index (κ3) is 4.59. The quantitative estimate of drug-likeness (QED) is 0.416. The lowest BCUT2D eigenvalue weighted by atomic mass is 10.1. The Hall–Kier alpha value is -3.42. The fraction of sp³-hybridized carbons (Fsp3) is 0.364. The average molecular weight is 403 g/mol. The van der Waals surface area contributed by atoms with E-state index in [4.69, 9.17) is 0 Å². The lowest BCUT2D eigenvalue weighted by Crippen LogP contribution is -1.97. The number of hydrogen-bond acceptors (Lipinski definition) is 6. The van der Waals surface area contributed by atoms with E-state index >= 15 is 0 Å². The second-order valence-corrected chi connectivity index (χ2v) is 7.31. The zero-order chi connectivity index (χ0) is 20.8. The number of aryl methyl sites for hydroxylation is 2. The summed E-state index contributed by atoms with van der Waals surface area (Å²) in [6, 6.07) is 7.93. The standard InChI is InChI=1S/C22H26N8/c1-3-5-11-29-15-21(25-27-29)17-7-9-19(23-13-17)20-10-8-18(14-24-20)22-16-30(28-26-22)12-6-4-2/h7-10,13-16H,3-6,11-12H2,1-2H3. The van der Waals surface area contributed by atoms with Crippen molar-refractivity contribution in [1.29, 1.82) is 0 Å². The number of hydrogen-bond donors (Lipinski definition) is 0. The van der Waals surface area contributed by atoms with Crippen LogP contribution in [-0.4, -0.2) is 40.0 Å². The summed E-state index contributed by atoms with van der Waals surface area (Å²) in [5, 5.41) is 16.9. The molecule has 154 valence electrons. The first-order chi connectivity index (χ1) is 14.8. The van der Waals surface area contributed by atoms with Crippen molar-refractivity contribution in [3.63, 3.8) is 0 Å². The van der Waals surface area contributed by atoms with Gasteiger partial charge in [0.2, 0.25) is 0 Å². The zero-order valence-corrected chi connectivity index (χ0v) is 17.4. The Balaban J connectivity index is 1.45. The van der Waals surface area contributed by atoms with E-state index in [1.165, 1.54) is 0 Å². The molecule has 8 nitrogen and oxygen atoms in total. The second-order valence-electron chi connectivity index (χ2n) is 7.31. The lowest BCUT2D eigenvalue weighted by Gasteiger charge is -2.02. The predicted molar refractivity (Wildman–Crippen MR) is 115 cm³/mol. The highest BCUT2D eigenvalue weighted by Crippen LogP contribution is 2.22. The van der Waals surface area contributed by atoms with Crippen LogP contribution in [0.5, 0.6) is 0 Å². The first kappa shape index (κ1) is 19.9. The highest BCUT2D eigenvalue weighted by atomic mass is 15.4. The van der Waals surface area contributed by atoms with Gasteiger partial charge in [-0.15, -0.1) is 10.2 Å². The smallest absolute Gasteiger partial charge is 0.114 e. The maximum atomic E-state index is 4.57. The highest BCUT2D eigenvalue weighted by molar-refractivity contribution is 5.64. The molecule has 8 heteroatoms. The van der Waals surface area contributed by atoms with Crippen LogP contribution in [0.2, 0.25) is 0 Å². The van der Waals surface area contributed by atoms with Crippen LogP contribution >= 0.6 is 0 Å². The minimum absolute atomic E-state index is 0.815. The van der Waals surface area contributed by atoms with Gasteiger partial charge in [0, 0.05) is 36.6 Å². The molecule has 4 aromatic heterocycles. The molecule has 0 radical (unpaired) electrons. The minimum Gasteiger partial charge on any atom is -0.254 e. The molecule has 0 spiro atoms. The van der Waals surface area contributed by atoms with E-state index in [-0.39, 0.29) is 0 Å². The fourth-order valence-corrected chi connectivity index (χ4v) is 3.11. The third-order valence-electron chi connectivity index (χ3n) is 4.94. The number of unbranched alkanes of at least 4 members (excludes halogenated alkanes) is 2. The molecule has 0 fully saturated rings. The topological polar surface area (TPSA) is 87.2 Å². The van der Waals surface area contributed by atoms with Gasteiger partial charge in [-0.25, -0.2) is 0 Å². The molecule has 30 heavy (non-hydrogen) atoms. The van der Waals surface area contributed by atoms with Crippen molar-refractivity contribution in [2.75, 3.05) is 0 Å². The van der Waals surface area contributed by atoms with Crippen LogP contribution in [0.15, 0.2) is 49.1 Å². The first-order valence-corrected chi connectivity index (χ1v) is 10.5. The Morgan fingerprint density at radius 3 is 1.47 bits per heavy atom. The van der Waals surface area contributed by atoms with Gasteiger partial charge in [0.1, 0.15) is 11.4 Å². The molecule has 0 saturated carbocycles. The molecule has 0 aliphatic carbocycles. The largest absolute Gasteiger partial charge is 0.254 e. The Labute approximate surface area is 176 Å². The van der Waals surface area contributed by atoms with Crippen LogP contribution in [-0.2, 0) is 13.1 Å². The van der Waals surface area contributed by atoms with Gasteiger partial charge in [-0.3, -0.25) is 19.3 Å². The van der Waals surface area contributed by atoms with E-state index < -0.39 is 0 Å². The maximum Gasteiger partial charge on any atom is 0.114 e. The molecule has 4 rings (SSSR count). The molecule has 4 heterocycles. The Kier molecular flexibility index (Phi) is 6.22. The Morgan fingerprint density at radius 1 is 0.633 bits per heavy atom. The number of pyridine rings is 2. The molecule has 0 unspecified atom stereocenters. The summed E-state index contributed by atoms with van der Waals surface area (Å²) in [6.07, 6.45) is 12.0. The van der Waals surface area contributed by atoms with Gasteiger partial charge in [-0.2, -0.15) is 0 Å². The van der Waals surface area contributed by atoms with Gasteiger partial charge < -0.3 is 0 Å². The van der Waals surface area contributed by atoms with Gasteiger partial charge in [-0.05, 0) is 37.1 Å². The van der Waals surface area contributed by atoms with Crippen molar-refractivity contribution < 1.29 is 0 Å². The highest BCUT2D eigenvalue weighted by Gasteiger charge is 2.08. The summed E-state index contributed by atoms with van der Waals surface area (Å²) < 4.78 is 3.76. The molecule has 4 aromatic rings. The third-order valence-corrected chi connectivity index (χ3v) is 4.94. The second kappa shape index (κ2) is 9.39. The van der Waals surface area contributed by atoms with Crippen molar-refractivity contribution in [2.45, 2.75) is 52.6 Å². The molecule has 0 amide bonds. The van der Waals surface area contributed by atoms with Crippen molar-refractivity contribution in [1.82, 2.24) is 40.0 Å².